The highest BCUT2D eigenvalue weighted by Gasteiger charge is 2.31. The first kappa shape index (κ1) is 17.7. The standard InChI is InChI=1S/C18H31N3O3/c22-14-15-6-10-19(11-7-15)16-4-3-9-20(12-16)18(24)13-21-8-2-1-5-17(21)23/h15-16,22H,1-14H2/t16-/m0/s1. The Bertz CT molecular complexity index is 449. The van der Waals surface area contributed by atoms with Crippen LogP contribution >= 0.6 is 0 Å². The number of piperidine rings is 3. The molecule has 0 saturated carbocycles. The number of aliphatic hydroxyl groups excluding tert-OH is 1. The van der Waals surface area contributed by atoms with Gasteiger partial charge in [-0.15, -0.1) is 0 Å². The summed E-state index contributed by atoms with van der Waals surface area (Å²) in [5.41, 5.74) is 0. The van der Waals surface area contributed by atoms with Crippen molar-refractivity contribution in [3.63, 3.8) is 0 Å². The van der Waals surface area contributed by atoms with Crippen LogP contribution in [-0.2, 0) is 9.59 Å². The molecule has 3 rings (SSSR count). The Labute approximate surface area is 144 Å². The van der Waals surface area contributed by atoms with Crippen molar-refractivity contribution in [2.45, 2.75) is 51.0 Å². The van der Waals surface area contributed by atoms with Crippen LogP contribution in [0.5, 0.6) is 0 Å². The van der Waals surface area contributed by atoms with Crippen LogP contribution in [0.25, 0.3) is 0 Å². The van der Waals surface area contributed by atoms with Crippen molar-refractivity contribution in [2.24, 2.45) is 5.92 Å². The molecule has 3 heterocycles. The average Bonchev–Trinajstić information content (AvgIpc) is 2.64. The molecule has 1 N–H and O–H groups in total. The van der Waals surface area contributed by atoms with Gasteiger partial charge >= 0.3 is 0 Å². The maximum Gasteiger partial charge on any atom is 0.242 e. The summed E-state index contributed by atoms with van der Waals surface area (Å²) in [6, 6.07) is 0.444. The zero-order valence-electron chi connectivity index (χ0n) is 14.7. The zero-order chi connectivity index (χ0) is 16.9. The number of amides is 2. The van der Waals surface area contributed by atoms with E-state index >= 15 is 0 Å². The van der Waals surface area contributed by atoms with Gasteiger partial charge in [-0.3, -0.25) is 14.5 Å². The predicted octanol–water partition coefficient (Wildman–Crippen LogP) is 0.694. The smallest absolute Gasteiger partial charge is 0.242 e. The Hall–Kier alpha value is -1.14. The van der Waals surface area contributed by atoms with Gasteiger partial charge in [-0.1, -0.05) is 0 Å². The quantitative estimate of drug-likeness (QED) is 0.820. The molecular formula is C18H31N3O3. The van der Waals surface area contributed by atoms with E-state index < -0.39 is 0 Å². The second-order valence-electron chi connectivity index (χ2n) is 7.57. The van der Waals surface area contributed by atoms with Gasteiger partial charge in [0.1, 0.15) is 0 Å². The first-order chi connectivity index (χ1) is 11.7. The second kappa shape index (κ2) is 8.30. The van der Waals surface area contributed by atoms with E-state index in [0.717, 1.165) is 71.2 Å². The number of hydrogen-bond donors (Lipinski definition) is 1. The molecule has 0 radical (unpaired) electrons. The van der Waals surface area contributed by atoms with Gasteiger partial charge in [0.05, 0.1) is 6.54 Å². The predicted molar refractivity (Wildman–Crippen MR) is 91.4 cm³/mol. The molecule has 1 atom stereocenters. The van der Waals surface area contributed by atoms with Crippen molar-refractivity contribution in [3.05, 3.63) is 0 Å². The lowest BCUT2D eigenvalue weighted by Gasteiger charge is -2.42. The van der Waals surface area contributed by atoms with Crippen LogP contribution in [0, 0.1) is 5.92 Å². The van der Waals surface area contributed by atoms with E-state index in [9.17, 15) is 14.7 Å². The van der Waals surface area contributed by atoms with Crippen LogP contribution < -0.4 is 0 Å². The van der Waals surface area contributed by atoms with Gasteiger partial charge in [0.25, 0.3) is 0 Å². The molecular weight excluding hydrogens is 306 g/mol. The molecule has 3 saturated heterocycles. The summed E-state index contributed by atoms with van der Waals surface area (Å²) in [6.07, 6.45) is 6.88. The first-order valence-corrected chi connectivity index (χ1v) is 9.58. The Morgan fingerprint density at radius 1 is 1.04 bits per heavy atom. The second-order valence-corrected chi connectivity index (χ2v) is 7.57. The van der Waals surface area contributed by atoms with Crippen molar-refractivity contribution in [1.82, 2.24) is 14.7 Å². The molecule has 0 aromatic heterocycles. The van der Waals surface area contributed by atoms with Gasteiger partial charge in [-0.25, -0.2) is 0 Å². The van der Waals surface area contributed by atoms with E-state index in [2.05, 4.69) is 4.90 Å². The number of aliphatic hydroxyl groups is 1. The van der Waals surface area contributed by atoms with Crippen LogP contribution in [0.1, 0.15) is 44.9 Å². The van der Waals surface area contributed by atoms with Crippen LogP contribution in [0.2, 0.25) is 0 Å². The highest BCUT2D eigenvalue weighted by Crippen LogP contribution is 2.23. The number of carbonyl (C=O) groups is 2. The van der Waals surface area contributed by atoms with E-state index in [1.807, 2.05) is 4.90 Å². The monoisotopic (exact) mass is 337 g/mol. The Kier molecular flexibility index (Phi) is 6.11. The molecule has 0 aliphatic carbocycles. The fourth-order valence-corrected chi connectivity index (χ4v) is 4.27. The van der Waals surface area contributed by atoms with Crippen LogP contribution in [-0.4, -0.2) is 83.5 Å². The largest absolute Gasteiger partial charge is 0.396 e. The maximum atomic E-state index is 12.6. The van der Waals surface area contributed by atoms with Crippen LogP contribution in [0.3, 0.4) is 0 Å². The molecule has 3 fully saturated rings. The summed E-state index contributed by atoms with van der Waals surface area (Å²) < 4.78 is 0. The summed E-state index contributed by atoms with van der Waals surface area (Å²) in [5, 5.41) is 9.28. The van der Waals surface area contributed by atoms with Crippen LogP contribution in [0.15, 0.2) is 0 Å². The highest BCUT2D eigenvalue weighted by atomic mass is 16.3. The van der Waals surface area contributed by atoms with Gasteiger partial charge < -0.3 is 14.9 Å². The third-order valence-corrected chi connectivity index (χ3v) is 5.92. The minimum Gasteiger partial charge on any atom is -0.396 e. The van der Waals surface area contributed by atoms with Crippen molar-refractivity contribution in [3.8, 4) is 0 Å². The lowest BCUT2D eigenvalue weighted by atomic mass is 9.94. The van der Waals surface area contributed by atoms with E-state index in [0.29, 0.717) is 25.0 Å². The van der Waals surface area contributed by atoms with E-state index in [1.54, 1.807) is 4.90 Å². The molecule has 24 heavy (non-hydrogen) atoms. The number of hydrogen-bond acceptors (Lipinski definition) is 4. The number of carbonyl (C=O) groups excluding carboxylic acids is 2. The molecule has 0 spiro atoms. The minimum atomic E-state index is 0.111. The Morgan fingerprint density at radius 3 is 2.54 bits per heavy atom. The topological polar surface area (TPSA) is 64.1 Å². The molecule has 2 amide bonds. The Morgan fingerprint density at radius 2 is 1.83 bits per heavy atom. The normalized spacial score (nSPS) is 27.5. The van der Waals surface area contributed by atoms with Crippen molar-refractivity contribution in [2.75, 3.05) is 45.9 Å². The van der Waals surface area contributed by atoms with Gasteiger partial charge in [0.15, 0.2) is 0 Å². The number of likely N-dealkylation sites (tertiary alicyclic amines) is 3. The first-order valence-electron chi connectivity index (χ1n) is 9.58. The summed E-state index contributed by atoms with van der Waals surface area (Å²) >= 11 is 0. The van der Waals surface area contributed by atoms with Gasteiger partial charge in [-0.05, 0) is 57.5 Å². The van der Waals surface area contributed by atoms with Gasteiger partial charge in [-0.2, -0.15) is 0 Å². The van der Waals surface area contributed by atoms with E-state index in [1.165, 1.54) is 0 Å². The molecule has 3 aliphatic rings. The van der Waals surface area contributed by atoms with Crippen molar-refractivity contribution >= 4 is 11.8 Å². The molecule has 6 heteroatoms. The zero-order valence-corrected chi connectivity index (χ0v) is 14.7. The third-order valence-electron chi connectivity index (χ3n) is 5.92. The summed E-state index contributed by atoms with van der Waals surface area (Å²) in [7, 11) is 0. The van der Waals surface area contributed by atoms with Crippen LogP contribution in [0.4, 0.5) is 0 Å². The molecule has 0 aromatic carbocycles. The maximum absolute atomic E-state index is 12.6. The molecule has 0 aromatic rings. The van der Waals surface area contributed by atoms with Gasteiger partial charge in [0, 0.05) is 38.7 Å². The number of nitrogens with zero attached hydrogens (tertiary/aromatic N) is 3. The van der Waals surface area contributed by atoms with Gasteiger partial charge in [0.2, 0.25) is 11.8 Å². The SMILES string of the molecule is O=C1CCCCN1CC(=O)N1CCC[C@H](N2CCC(CO)CC2)C1. The molecule has 6 nitrogen and oxygen atoms in total. The third kappa shape index (κ3) is 4.28. The van der Waals surface area contributed by atoms with Crippen molar-refractivity contribution in [1.29, 1.82) is 0 Å². The number of rotatable bonds is 4. The molecule has 0 bridgehead atoms. The van der Waals surface area contributed by atoms with Crippen molar-refractivity contribution < 1.29 is 14.7 Å². The average molecular weight is 337 g/mol. The van der Waals surface area contributed by atoms with E-state index in [4.69, 9.17) is 0 Å². The molecule has 136 valence electrons. The summed E-state index contributed by atoms with van der Waals surface area (Å²) in [6.45, 7) is 4.97. The summed E-state index contributed by atoms with van der Waals surface area (Å²) in [5.74, 6) is 0.696. The lowest BCUT2D eigenvalue weighted by Crippen LogP contribution is -2.54. The lowest BCUT2D eigenvalue weighted by molar-refractivity contribution is -0.143. The summed E-state index contributed by atoms with van der Waals surface area (Å²) in [4.78, 5) is 30.7. The fraction of sp³-hybridized carbons (Fsp3) is 0.889. The Balaban J connectivity index is 1.49. The fourth-order valence-electron chi connectivity index (χ4n) is 4.27. The minimum absolute atomic E-state index is 0.111. The van der Waals surface area contributed by atoms with E-state index in [-0.39, 0.29) is 18.4 Å². The molecule has 0 unspecified atom stereocenters. The highest BCUT2D eigenvalue weighted by molar-refractivity contribution is 5.85. The molecule has 3 aliphatic heterocycles.